The number of esters is 1. The highest BCUT2D eigenvalue weighted by Gasteiger charge is 2.35. The number of unbranched alkanes of at least 4 members (excludes halogenated alkanes) is 1. The van der Waals surface area contributed by atoms with Gasteiger partial charge in [-0.1, -0.05) is 69.7 Å². The van der Waals surface area contributed by atoms with Crippen LogP contribution in [-0.4, -0.2) is 63.0 Å². The van der Waals surface area contributed by atoms with Crippen LogP contribution in [0.25, 0.3) is 0 Å². The number of rotatable bonds is 19. The topological polar surface area (TPSA) is 162 Å². The zero-order valence-corrected chi connectivity index (χ0v) is 27.9. The predicted molar refractivity (Wildman–Crippen MR) is 164 cm³/mol. The van der Waals surface area contributed by atoms with Crippen molar-refractivity contribution in [1.82, 2.24) is 4.31 Å². The second kappa shape index (κ2) is 17.5. The Kier molecular flexibility index (Phi) is 14.4. The quantitative estimate of drug-likeness (QED) is 0.161. The van der Waals surface area contributed by atoms with Crippen LogP contribution in [0.15, 0.2) is 59.5 Å². The fourth-order valence-corrected chi connectivity index (χ4v) is 7.42. The van der Waals surface area contributed by atoms with E-state index in [2.05, 4.69) is 0 Å². The monoisotopic (exact) mass is 665 g/mol. The molecule has 1 heterocycles. The van der Waals surface area contributed by atoms with Crippen molar-refractivity contribution in [3.05, 3.63) is 65.7 Å². The molecule has 2 aromatic rings. The summed E-state index contributed by atoms with van der Waals surface area (Å²) < 4.78 is 56.8. The number of phosphoric ester groups is 1. The number of benzene rings is 2. The van der Waals surface area contributed by atoms with Gasteiger partial charge in [0.25, 0.3) is 0 Å². The highest BCUT2D eigenvalue weighted by molar-refractivity contribution is 7.89. The Bertz CT molecular complexity index is 1370. The van der Waals surface area contributed by atoms with E-state index in [0.717, 1.165) is 22.7 Å². The predicted octanol–water partition coefficient (Wildman–Crippen LogP) is 3.43. The lowest BCUT2D eigenvalue weighted by atomic mass is 9.90. The number of sulfonamides is 1. The molecule has 45 heavy (non-hydrogen) atoms. The van der Waals surface area contributed by atoms with Crippen molar-refractivity contribution in [3.63, 3.8) is 0 Å². The minimum atomic E-state index is -5.62. The van der Waals surface area contributed by atoms with Gasteiger partial charge in [0.1, 0.15) is 11.9 Å². The third-order valence-corrected chi connectivity index (χ3v) is 9.84. The lowest BCUT2D eigenvalue weighted by Crippen LogP contribution is -2.45. The Balaban J connectivity index is 1.92. The summed E-state index contributed by atoms with van der Waals surface area (Å²) in [4.78, 5) is 49.2. The molecule has 3 atom stereocenters. The van der Waals surface area contributed by atoms with Crippen LogP contribution in [0.3, 0.4) is 0 Å². The Labute approximate surface area is 266 Å². The fraction of sp³-hybridized carbons (Fsp3) is 0.562. The summed E-state index contributed by atoms with van der Waals surface area (Å²) in [5.41, 5.74) is 1.42. The van der Waals surface area contributed by atoms with Crippen molar-refractivity contribution in [1.29, 1.82) is 0 Å². The zero-order chi connectivity index (χ0) is 33.0. The minimum Gasteiger partial charge on any atom is -0.790 e. The zero-order valence-electron chi connectivity index (χ0n) is 26.2. The number of carbonyl (C=O) groups is 2. The summed E-state index contributed by atoms with van der Waals surface area (Å²) in [5, 5.41) is 0. The molecule has 0 bridgehead atoms. The van der Waals surface area contributed by atoms with E-state index in [4.69, 9.17) is 14.0 Å². The third-order valence-electron chi connectivity index (χ3n) is 7.47. The summed E-state index contributed by atoms with van der Waals surface area (Å²) in [5.74, 6) is -1.66. The van der Waals surface area contributed by atoms with Gasteiger partial charge < -0.3 is 28.3 Å². The van der Waals surface area contributed by atoms with Crippen LogP contribution in [-0.2, 0) is 51.0 Å². The van der Waals surface area contributed by atoms with E-state index in [1.54, 1.807) is 56.3 Å². The van der Waals surface area contributed by atoms with Crippen LogP contribution in [0, 0.1) is 11.8 Å². The van der Waals surface area contributed by atoms with Crippen molar-refractivity contribution in [3.8, 4) is 0 Å². The molecule has 11 nitrogen and oxygen atoms in total. The van der Waals surface area contributed by atoms with E-state index in [1.807, 2.05) is 6.92 Å². The average molecular weight is 666 g/mol. The number of hydrogen-bond acceptors (Lipinski definition) is 10. The maximum absolute atomic E-state index is 13.9. The first-order valence-corrected chi connectivity index (χ1v) is 18.3. The summed E-state index contributed by atoms with van der Waals surface area (Å²) in [6, 6.07) is 14.9. The lowest BCUT2D eigenvalue weighted by molar-refractivity contribution is -0.346. The summed E-state index contributed by atoms with van der Waals surface area (Å²) in [6.45, 7) is 5.80. The van der Waals surface area contributed by atoms with Crippen LogP contribution in [0.2, 0.25) is 0 Å². The first kappa shape index (κ1) is 37.0. The van der Waals surface area contributed by atoms with Crippen molar-refractivity contribution in [2.45, 2.75) is 82.8 Å². The van der Waals surface area contributed by atoms with E-state index < -0.39 is 48.5 Å². The third kappa shape index (κ3) is 12.7. The molecule has 3 unspecified atom stereocenters. The molecule has 0 amide bonds. The van der Waals surface area contributed by atoms with Gasteiger partial charge in [0.2, 0.25) is 10.0 Å². The SMILES string of the molecule is CCCCC(=O)Cc1ccc(S(=O)(=O)N(CC(C)C)CC(OP(=O)([O-])[O-])C(CC(=O)OC2CCOC2)Cc2ccccc2)cc1. The number of ketones is 1. The Morgan fingerprint density at radius 2 is 1.73 bits per heavy atom. The van der Waals surface area contributed by atoms with Gasteiger partial charge in [-0.2, -0.15) is 4.31 Å². The van der Waals surface area contributed by atoms with Crippen molar-refractivity contribution >= 4 is 29.6 Å². The molecule has 0 radical (unpaired) electrons. The maximum Gasteiger partial charge on any atom is 0.306 e. The molecule has 0 aromatic heterocycles. The number of phosphoric acid groups is 1. The van der Waals surface area contributed by atoms with E-state index >= 15 is 0 Å². The molecule has 1 fully saturated rings. The van der Waals surface area contributed by atoms with E-state index in [1.165, 1.54) is 12.1 Å². The number of ether oxygens (including phenoxy) is 2. The van der Waals surface area contributed by atoms with Crippen LogP contribution in [0.5, 0.6) is 0 Å². The fourth-order valence-electron chi connectivity index (χ4n) is 5.24. The number of nitrogens with zero attached hydrogens (tertiary/aromatic N) is 1. The van der Waals surface area contributed by atoms with Crippen LogP contribution < -0.4 is 9.79 Å². The van der Waals surface area contributed by atoms with Gasteiger partial charge in [-0.15, -0.1) is 0 Å². The summed E-state index contributed by atoms with van der Waals surface area (Å²) in [7, 11) is -9.84. The molecule has 0 spiro atoms. The largest absolute Gasteiger partial charge is 0.790 e. The second-order valence-corrected chi connectivity index (χ2v) is 14.9. The molecule has 2 aromatic carbocycles. The van der Waals surface area contributed by atoms with Crippen LogP contribution in [0.4, 0.5) is 0 Å². The van der Waals surface area contributed by atoms with Gasteiger partial charge in [-0.3, -0.25) is 9.59 Å². The van der Waals surface area contributed by atoms with Crippen LogP contribution >= 0.6 is 7.82 Å². The highest BCUT2D eigenvalue weighted by atomic mass is 32.2. The Hall–Kier alpha value is -2.44. The molecule has 1 saturated heterocycles. The highest BCUT2D eigenvalue weighted by Crippen LogP contribution is 2.34. The number of Topliss-reactive ketones (excluding diaryl/α,β-unsaturated/α-hetero) is 1. The molecule has 1 aliphatic rings. The van der Waals surface area contributed by atoms with Gasteiger partial charge in [0.15, 0.2) is 0 Å². The van der Waals surface area contributed by atoms with E-state index in [9.17, 15) is 32.4 Å². The molecule has 3 rings (SSSR count). The molecular formula is C32H44NO10PS-2. The molecule has 250 valence electrons. The number of carbonyl (C=O) groups excluding carboxylic acids is 2. The van der Waals surface area contributed by atoms with Gasteiger partial charge in [0.05, 0.1) is 38.5 Å². The Morgan fingerprint density at radius 1 is 1.04 bits per heavy atom. The average Bonchev–Trinajstić information content (AvgIpc) is 3.48. The van der Waals surface area contributed by atoms with Gasteiger partial charge in [-0.05, 0) is 42.0 Å². The molecule has 0 aliphatic carbocycles. The molecule has 13 heteroatoms. The van der Waals surface area contributed by atoms with Gasteiger partial charge in [-0.25, -0.2) is 8.42 Å². The van der Waals surface area contributed by atoms with Crippen molar-refractivity contribution in [2.24, 2.45) is 11.8 Å². The van der Waals surface area contributed by atoms with Crippen molar-refractivity contribution in [2.75, 3.05) is 26.3 Å². The first-order chi connectivity index (χ1) is 21.3. The summed E-state index contributed by atoms with van der Waals surface area (Å²) in [6.07, 6.45) is 0.743. The molecule has 0 N–H and O–H groups in total. The normalized spacial score (nSPS) is 17.0. The van der Waals surface area contributed by atoms with Crippen molar-refractivity contribution < 1.29 is 46.4 Å². The van der Waals surface area contributed by atoms with Crippen LogP contribution in [0.1, 0.15) is 64.0 Å². The van der Waals surface area contributed by atoms with E-state index in [-0.39, 0.29) is 49.0 Å². The molecular weight excluding hydrogens is 621 g/mol. The van der Waals surface area contributed by atoms with E-state index in [0.29, 0.717) is 25.0 Å². The van der Waals surface area contributed by atoms with Gasteiger partial charge in [0, 0.05) is 38.3 Å². The summed E-state index contributed by atoms with van der Waals surface area (Å²) >= 11 is 0. The standard InChI is InChI=1S/C32H46NO10PS/c1-4-5-11-28(34)19-26-12-14-30(15-13-26)45(39,40)33(21-24(2)3)22-31(43-44(36,37)38)27(18-25-9-7-6-8-10-25)20-32(35)42-29-16-17-41-23-29/h6-10,12-15,24,27,29,31H,4-5,11,16-23H2,1-3H3,(H2,36,37,38)/p-2. The molecule has 0 saturated carbocycles. The lowest BCUT2D eigenvalue weighted by Gasteiger charge is -2.39. The Morgan fingerprint density at radius 3 is 2.31 bits per heavy atom. The van der Waals surface area contributed by atoms with Gasteiger partial charge >= 0.3 is 5.97 Å². The number of hydrogen-bond donors (Lipinski definition) is 0. The smallest absolute Gasteiger partial charge is 0.306 e. The molecule has 1 aliphatic heterocycles. The maximum atomic E-state index is 13.9. The minimum absolute atomic E-state index is 0.0105. The second-order valence-electron chi connectivity index (χ2n) is 11.9. The first-order valence-electron chi connectivity index (χ1n) is 15.4.